The Hall–Kier alpha value is -2.97. The van der Waals surface area contributed by atoms with Crippen molar-refractivity contribution in [1.29, 1.82) is 0 Å². The summed E-state index contributed by atoms with van der Waals surface area (Å²) in [5.74, 6) is 0.878. The fraction of sp³-hybridized carbons (Fsp3) is 0.536. The van der Waals surface area contributed by atoms with E-state index >= 15 is 0 Å². The van der Waals surface area contributed by atoms with Crippen LogP contribution in [0, 0.1) is 5.92 Å². The fourth-order valence-electron chi connectivity index (χ4n) is 5.11. The normalized spacial score (nSPS) is 21.0. The summed E-state index contributed by atoms with van der Waals surface area (Å²) in [6.07, 6.45) is 3.83. The standard InChI is InChI=1S/C28H38N4O4/c1-4-5-15-32-26(34)24(25(33)20(2)3)30-27(35)28(32)13-16-31(17-14-28)19-21-11-12-23(29-18-21)36-22-9-7-6-8-10-22/h6-12,18,20,24-25,33H,4-5,13-17,19H2,1-3H3,(H,30,35)/t24-,25?/m1/s1. The number of para-hydroxylation sites is 1. The van der Waals surface area contributed by atoms with Crippen LogP contribution >= 0.6 is 0 Å². The number of nitrogens with zero attached hydrogens (tertiary/aromatic N) is 3. The van der Waals surface area contributed by atoms with Crippen LogP contribution in [0.25, 0.3) is 0 Å². The third kappa shape index (κ3) is 5.55. The van der Waals surface area contributed by atoms with Crippen LogP contribution in [0.2, 0.25) is 0 Å². The van der Waals surface area contributed by atoms with Crippen LogP contribution in [0.5, 0.6) is 11.6 Å². The lowest BCUT2D eigenvalue weighted by Gasteiger charge is -2.52. The minimum absolute atomic E-state index is 0.124. The number of pyridine rings is 1. The van der Waals surface area contributed by atoms with E-state index in [0.29, 0.717) is 44.9 Å². The Bertz CT molecular complexity index is 1020. The highest BCUT2D eigenvalue weighted by atomic mass is 16.5. The highest BCUT2D eigenvalue weighted by molar-refractivity contribution is 6.00. The highest BCUT2D eigenvalue weighted by Crippen LogP contribution is 2.35. The zero-order valence-electron chi connectivity index (χ0n) is 21.5. The Kier molecular flexibility index (Phi) is 8.26. The molecule has 0 aliphatic carbocycles. The number of aromatic nitrogens is 1. The zero-order chi connectivity index (χ0) is 25.7. The minimum atomic E-state index is -0.899. The lowest BCUT2D eigenvalue weighted by molar-refractivity contribution is -0.165. The van der Waals surface area contributed by atoms with E-state index in [9.17, 15) is 14.7 Å². The monoisotopic (exact) mass is 494 g/mol. The number of benzene rings is 1. The minimum Gasteiger partial charge on any atom is -0.439 e. The lowest BCUT2D eigenvalue weighted by Crippen LogP contribution is -2.74. The summed E-state index contributed by atoms with van der Waals surface area (Å²) >= 11 is 0. The molecule has 1 aromatic heterocycles. The summed E-state index contributed by atoms with van der Waals surface area (Å²) in [7, 11) is 0. The third-order valence-corrected chi connectivity index (χ3v) is 7.37. The van der Waals surface area contributed by atoms with Gasteiger partial charge in [-0.1, -0.05) is 51.5 Å². The average Bonchev–Trinajstić information content (AvgIpc) is 2.89. The summed E-state index contributed by atoms with van der Waals surface area (Å²) in [5, 5.41) is 13.5. The lowest BCUT2D eigenvalue weighted by atomic mass is 9.80. The molecule has 1 aromatic carbocycles. The van der Waals surface area contributed by atoms with E-state index in [1.807, 2.05) is 62.5 Å². The van der Waals surface area contributed by atoms with Gasteiger partial charge in [-0.3, -0.25) is 14.5 Å². The molecule has 2 atom stereocenters. The third-order valence-electron chi connectivity index (χ3n) is 7.37. The molecular weight excluding hydrogens is 456 g/mol. The van der Waals surface area contributed by atoms with Gasteiger partial charge in [0.15, 0.2) is 0 Å². The van der Waals surface area contributed by atoms with Gasteiger partial charge >= 0.3 is 0 Å². The van der Waals surface area contributed by atoms with Gasteiger partial charge in [0.1, 0.15) is 17.3 Å². The number of unbranched alkanes of at least 4 members (excludes halogenated alkanes) is 1. The fourth-order valence-corrected chi connectivity index (χ4v) is 5.11. The molecule has 2 aliphatic rings. The van der Waals surface area contributed by atoms with Crippen LogP contribution in [0.4, 0.5) is 0 Å². The van der Waals surface area contributed by atoms with E-state index in [4.69, 9.17) is 4.74 Å². The number of ether oxygens (including phenoxy) is 1. The van der Waals surface area contributed by atoms with Crippen LogP contribution in [-0.2, 0) is 16.1 Å². The Morgan fingerprint density at radius 3 is 2.47 bits per heavy atom. The largest absolute Gasteiger partial charge is 0.439 e. The van der Waals surface area contributed by atoms with Crippen molar-refractivity contribution in [1.82, 2.24) is 20.1 Å². The number of aliphatic hydroxyl groups excluding tert-OH is 1. The van der Waals surface area contributed by atoms with Gasteiger partial charge in [-0.05, 0) is 42.9 Å². The summed E-state index contributed by atoms with van der Waals surface area (Å²) in [6.45, 7) is 8.45. The maximum atomic E-state index is 13.4. The van der Waals surface area contributed by atoms with E-state index in [-0.39, 0.29) is 17.7 Å². The van der Waals surface area contributed by atoms with E-state index < -0.39 is 17.7 Å². The Morgan fingerprint density at radius 2 is 1.86 bits per heavy atom. The maximum Gasteiger partial charge on any atom is 0.248 e. The SMILES string of the molecule is CCCCN1C(=O)[C@@H](C(O)C(C)C)NC(=O)C12CCN(Cc1ccc(Oc3ccccc3)nc1)CC2. The van der Waals surface area contributed by atoms with E-state index in [0.717, 1.165) is 24.2 Å². The van der Waals surface area contributed by atoms with E-state index in [2.05, 4.69) is 22.1 Å². The van der Waals surface area contributed by atoms with Crippen molar-refractivity contribution in [2.75, 3.05) is 19.6 Å². The quantitative estimate of drug-likeness (QED) is 0.555. The van der Waals surface area contributed by atoms with Crippen molar-refractivity contribution >= 4 is 11.8 Å². The number of carbonyl (C=O) groups excluding carboxylic acids is 2. The number of aliphatic hydroxyl groups is 1. The number of nitrogens with one attached hydrogen (secondary N) is 1. The average molecular weight is 495 g/mol. The van der Waals surface area contributed by atoms with Gasteiger partial charge in [0.05, 0.1) is 6.10 Å². The van der Waals surface area contributed by atoms with Gasteiger partial charge in [-0.15, -0.1) is 0 Å². The summed E-state index contributed by atoms with van der Waals surface area (Å²) < 4.78 is 5.78. The number of hydrogen-bond donors (Lipinski definition) is 2. The number of piperidine rings is 1. The molecule has 2 aliphatic heterocycles. The van der Waals surface area contributed by atoms with Crippen LogP contribution in [0.15, 0.2) is 48.7 Å². The number of rotatable bonds is 9. The first-order valence-electron chi connectivity index (χ1n) is 13.0. The molecule has 2 amide bonds. The molecule has 0 bridgehead atoms. The van der Waals surface area contributed by atoms with Crippen molar-refractivity contribution in [2.24, 2.45) is 5.92 Å². The molecule has 0 radical (unpaired) electrons. The van der Waals surface area contributed by atoms with Gasteiger partial charge in [0.2, 0.25) is 17.7 Å². The van der Waals surface area contributed by atoms with Gasteiger partial charge in [0.25, 0.3) is 0 Å². The summed E-state index contributed by atoms with van der Waals surface area (Å²) in [6, 6.07) is 12.6. The van der Waals surface area contributed by atoms with Gasteiger partial charge in [0, 0.05) is 38.4 Å². The second kappa shape index (κ2) is 11.4. The summed E-state index contributed by atoms with van der Waals surface area (Å²) in [4.78, 5) is 35.4. The first-order chi connectivity index (χ1) is 17.3. The number of likely N-dealkylation sites (tertiary alicyclic amines) is 1. The molecular formula is C28H38N4O4. The van der Waals surface area contributed by atoms with E-state index in [1.165, 1.54) is 0 Å². The van der Waals surface area contributed by atoms with Crippen LogP contribution in [0.1, 0.15) is 52.0 Å². The zero-order valence-corrected chi connectivity index (χ0v) is 21.5. The van der Waals surface area contributed by atoms with Crippen molar-refractivity contribution in [2.45, 2.75) is 70.7 Å². The molecule has 2 aromatic rings. The van der Waals surface area contributed by atoms with Gasteiger partial charge in [-0.25, -0.2) is 4.98 Å². The first-order valence-corrected chi connectivity index (χ1v) is 13.0. The Labute approximate surface area is 213 Å². The molecule has 0 saturated carbocycles. The van der Waals surface area contributed by atoms with Crippen molar-refractivity contribution < 1.29 is 19.4 Å². The topological polar surface area (TPSA) is 95.0 Å². The Balaban J connectivity index is 1.40. The molecule has 1 unspecified atom stereocenters. The molecule has 2 N–H and O–H groups in total. The number of carbonyl (C=O) groups is 2. The molecule has 1 spiro atoms. The smallest absolute Gasteiger partial charge is 0.248 e. The van der Waals surface area contributed by atoms with E-state index in [1.54, 1.807) is 4.90 Å². The van der Waals surface area contributed by atoms with Crippen LogP contribution in [0.3, 0.4) is 0 Å². The second-order valence-corrected chi connectivity index (χ2v) is 10.3. The molecule has 4 rings (SSSR count). The first kappa shape index (κ1) is 26.1. The molecule has 2 saturated heterocycles. The van der Waals surface area contributed by atoms with Crippen molar-refractivity contribution in [3.8, 4) is 11.6 Å². The van der Waals surface area contributed by atoms with Gasteiger partial charge < -0.3 is 20.1 Å². The van der Waals surface area contributed by atoms with Crippen molar-refractivity contribution in [3.63, 3.8) is 0 Å². The maximum absolute atomic E-state index is 13.4. The predicted molar refractivity (Wildman–Crippen MR) is 137 cm³/mol. The number of piperazine rings is 1. The second-order valence-electron chi connectivity index (χ2n) is 10.3. The number of hydrogen-bond acceptors (Lipinski definition) is 6. The number of amides is 2. The van der Waals surface area contributed by atoms with Crippen molar-refractivity contribution in [3.05, 3.63) is 54.2 Å². The Morgan fingerprint density at radius 1 is 1.14 bits per heavy atom. The van der Waals surface area contributed by atoms with Crippen LogP contribution in [-0.4, -0.2) is 69.0 Å². The molecule has 8 heteroatoms. The highest BCUT2D eigenvalue weighted by Gasteiger charge is 2.54. The summed E-state index contributed by atoms with van der Waals surface area (Å²) in [5.41, 5.74) is 0.222. The molecule has 8 nitrogen and oxygen atoms in total. The van der Waals surface area contributed by atoms with Crippen LogP contribution < -0.4 is 10.1 Å². The molecule has 194 valence electrons. The van der Waals surface area contributed by atoms with Gasteiger partial charge in [-0.2, -0.15) is 0 Å². The predicted octanol–water partition coefficient (Wildman–Crippen LogP) is 3.35. The molecule has 3 heterocycles. The molecule has 36 heavy (non-hydrogen) atoms. The molecule has 2 fully saturated rings.